The van der Waals surface area contributed by atoms with Crippen LogP contribution in [0.5, 0.6) is 0 Å². The minimum atomic E-state index is -0.913. The Morgan fingerprint density at radius 1 is 1.33 bits per heavy atom. The Kier molecular flexibility index (Phi) is 5.22. The van der Waals surface area contributed by atoms with E-state index >= 15 is 0 Å². The van der Waals surface area contributed by atoms with Crippen LogP contribution in [-0.4, -0.2) is 47.0 Å². The monoisotopic (exact) mass is 311 g/mol. The van der Waals surface area contributed by atoms with E-state index in [9.17, 15) is 19.1 Å². The highest BCUT2D eigenvalue weighted by Gasteiger charge is 2.40. The van der Waals surface area contributed by atoms with Crippen molar-refractivity contribution in [3.05, 3.63) is 35.6 Å². The standard InChI is InChI=1S/C15H18FNO3S/c1-21-7-6-14(18)17-8-12(13(9-17)15(19)20)10-2-4-11(16)5-3-10/h2-5,12-13H,6-9H2,1H3,(H,19,20)/t12-,13+/m1/s1. The topological polar surface area (TPSA) is 57.6 Å². The summed E-state index contributed by atoms with van der Waals surface area (Å²) in [4.78, 5) is 25.1. The quantitative estimate of drug-likeness (QED) is 0.906. The van der Waals surface area contributed by atoms with E-state index < -0.39 is 11.9 Å². The summed E-state index contributed by atoms with van der Waals surface area (Å²) in [5.41, 5.74) is 0.768. The number of nitrogens with zero attached hydrogens (tertiary/aromatic N) is 1. The Balaban J connectivity index is 2.14. The molecule has 1 fully saturated rings. The van der Waals surface area contributed by atoms with E-state index in [0.29, 0.717) is 13.0 Å². The predicted octanol–water partition coefficient (Wildman–Crippen LogP) is 2.21. The van der Waals surface area contributed by atoms with Gasteiger partial charge in [-0.2, -0.15) is 11.8 Å². The summed E-state index contributed by atoms with van der Waals surface area (Å²) in [6.45, 7) is 0.612. The van der Waals surface area contributed by atoms with Gasteiger partial charge in [-0.15, -0.1) is 0 Å². The molecule has 6 heteroatoms. The second-order valence-electron chi connectivity index (χ2n) is 5.14. The highest BCUT2D eigenvalue weighted by atomic mass is 32.2. The average molecular weight is 311 g/mol. The molecule has 0 aliphatic carbocycles. The molecule has 0 unspecified atom stereocenters. The molecule has 0 radical (unpaired) electrons. The Bertz CT molecular complexity index is 520. The third-order valence-corrected chi connectivity index (χ3v) is 4.42. The molecule has 1 heterocycles. The van der Waals surface area contributed by atoms with Crippen LogP contribution in [0.25, 0.3) is 0 Å². The number of thioether (sulfide) groups is 1. The molecule has 1 aliphatic heterocycles. The molecule has 114 valence electrons. The number of aliphatic carboxylic acids is 1. The van der Waals surface area contributed by atoms with Gasteiger partial charge in [0.25, 0.3) is 0 Å². The molecule has 21 heavy (non-hydrogen) atoms. The zero-order valence-corrected chi connectivity index (χ0v) is 12.6. The Hall–Kier alpha value is -1.56. The Morgan fingerprint density at radius 3 is 2.57 bits per heavy atom. The van der Waals surface area contributed by atoms with Gasteiger partial charge in [0.2, 0.25) is 5.91 Å². The third-order valence-electron chi connectivity index (χ3n) is 3.81. The van der Waals surface area contributed by atoms with Crippen LogP contribution in [0.3, 0.4) is 0 Å². The number of carbonyl (C=O) groups excluding carboxylic acids is 1. The predicted molar refractivity (Wildman–Crippen MR) is 79.8 cm³/mol. The second-order valence-corrected chi connectivity index (χ2v) is 6.13. The molecule has 1 saturated heterocycles. The molecule has 1 aromatic carbocycles. The number of hydrogen-bond acceptors (Lipinski definition) is 3. The number of carboxylic acid groups (broad SMARTS) is 1. The first-order valence-electron chi connectivity index (χ1n) is 6.78. The lowest BCUT2D eigenvalue weighted by Gasteiger charge is -2.16. The molecule has 1 aromatic rings. The lowest BCUT2D eigenvalue weighted by Crippen LogP contribution is -2.30. The highest BCUT2D eigenvalue weighted by molar-refractivity contribution is 7.98. The fraction of sp³-hybridized carbons (Fsp3) is 0.467. The maximum Gasteiger partial charge on any atom is 0.308 e. The maximum atomic E-state index is 13.0. The zero-order valence-electron chi connectivity index (χ0n) is 11.8. The largest absolute Gasteiger partial charge is 0.481 e. The van der Waals surface area contributed by atoms with Crippen LogP contribution in [-0.2, 0) is 9.59 Å². The summed E-state index contributed by atoms with van der Waals surface area (Å²) in [5, 5.41) is 9.36. The molecule has 4 nitrogen and oxygen atoms in total. The minimum Gasteiger partial charge on any atom is -0.481 e. The van der Waals surface area contributed by atoms with Gasteiger partial charge in [-0.3, -0.25) is 9.59 Å². The summed E-state index contributed by atoms with van der Waals surface area (Å²) in [6, 6.07) is 5.86. The molecule has 1 N–H and O–H groups in total. The van der Waals surface area contributed by atoms with Crippen molar-refractivity contribution in [2.75, 3.05) is 25.1 Å². The van der Waals surface area contributed by atoms with Crippen molar-refractivity contribution >= 4 is 23.6 Å². The van der Waals surface area contributed by atoms with E-state index in [1.54, 1.807) is 28.8 Å². The summed E-state index contributed by atoms with van der Waals surface area (Å²) in [7, 11) is 0. The summed E-state index contributed by atoms with van der Waals surface area (Å²) < 4.78 is 13.0. The number of amides is 1. The van der Waals surface area contributed by atoms with Crippen molar-refractivity contribution in [2.45, 2.75) is 12.3 Å². The van der Waals surface area contributed by atoms with E-state index in [-0.39, 0.29) is 24.2 Å². The van der Waals surface area contributed by atoms with Crippen LogP contribution in [0.4, 0.5) is 4.39 Å². The first-order chi connectivity index (χ1) is 10.0. The van der Waals surface area contributed by atoms with Crippen LogP contribution in [0.2, 0.25) is 0 Å². The third kappa shape index (κ3) is 3.75. The van der Waals surface area contributed by atoms with Crippen molar-refractivity contribution in [1.82, 2.24) is 4.90 Å². The van der Waals surface area contributed by atoms with Gasteiger partial charge in [0.05, 0.1) is 5.92 Å². The van der Waals surface area contributed by atoms with Gasteiger partial charge in [0.15, 0.2) is 0 Å². The van der Waals surface area contributed by atoms with E-state index in [0.717, 1.165) is 11.3 Å². The molecule has 0 saturated carbocycles. The normalized spacial score (nSPS) is 21.5. The molecular formula is C15H18FNO3S. The number of carbonyl (C=O) groups is 2. The van der Waals surface area contributed by atoms with Gasteiger partial charge in [0.1, 0.15) is 5.82 Å². The van der Waals surface area contributed by atoms with Crippen LogP contribution >= 0.6 is 11.8 Å². The SMILES string of the molecule is CSCCC(=O)N1C[C@H](C(=O)O)[C@@H](c2ccc(F)cc2)C1. The van der Waals surface area contributed by atoms with E-state index in [2.05, 4.69) is 0 Å². The Labute approximate surface area is 127 Å². The van der Waals surface area contributed by atoms with Crippen molar-refractivity contribution in [1.29, 1.82) is 0 Å². The number of carboxylic acids is 1. The van der Waals surface area contributed by atoms with Gasteiger partial charge in [-0.1, -0.05) is 12.1 Å². The van der Waals surface area contributed by atoms with Crippen molar-refractivity contribution < 1.29 is 19.1 Å². The zero-order chi connectivity index (χ0) is 15.4. The first-order valence-corrected chi connectivity index (χ1v) is 8.17. The van der Waals surface area contributed by atoms with Gasteiger partial charge in [-0.25, -0.2) is 4.39 Å². The average Bonchev–Trinajstić information content (AvgIpc) is 2.91. The molecule has 0 spiro atoms. The fourth-order valence-corrected chi connectivity index (χ4v) is 3.03. The lowest BCUT2D eigenvalue weighted by molar-refractivity contribution is -0.141. The second kappa shape index (κ2) is 6.93. The number of hydrogen-bond donors (Lipinski definition) is 1. The van der Waals surface area contributed by atoms with Crippen LogP contribution in [0, 0.1) is 11.7 Å². The molecule has 1 amide bonds. The number of rotatable bonds is 5. The van der Waals surface area contributed by atoms with Crippen molar-refractivity contribution in [2.24, 2.45) is 5.92 Å². The van der Waals surface area contributed by atoms with Crippen LogP contribution in [0.15, 0.2) is 24.3 Å². The number of halogens is 1. The number of benzene rings is 1. The molecule has 1 aliphatic rings. The molecule has 2 rings (SSSR count). The minimum absolute atomic E-state index is 0.0137. The van der Waals surface area contributed by atoms with Gasteiger partial charge in [0, 0.05) is 31.2 Å². The van der Waals surface area contributed by atoms with Crippen LogP contribution in [0.1, 0.15) is 17.9 Å². The number of likely N-dealkylation sites (tertiary alicyclic amines) is 1. The Morgan fingerprint density at radius 2 is 2.00 bits per heavy atom. The van der Waals surface area contributed by atoms with Crippen molar-refractivity contribution in [3.63, 3.8) is 0 Å². The molecule has 0 aromatic heterocycles. The van der Waals surface area contributed by atoms with Crippen molar-refractivity contribution in [3.8, 4) is 0 Å². The first kappa shape index (κ1) is 15.8. The summed E-state index contributed by atoms with van der Waals surface area (Å²) in [6.07, 6.45) is 2.35. The summed E-state index contributed by atoms with van der Waals surface area (Å²) >= 11 is 1.59. The molecule has 0 bridgehead atoms. The fourth-order valence-electron chi connectivity index (χ4n) is 2.65. The van der Waals surface area contributed by atoms with Gasteiger partial charge in [-0.05, 0) is 24.0 Å². The van der Waals surface area contributed by atoms with E-state index in [1.807, 2.05) is 6.26 Å². The van der Waals surface area contributed by atoms with Gasteiger partial charge < -0.3 is 10.0 Å². The van der Waals surface area contributed by atoms with Gasteiger partial charge >= 0.3 is 5.97 Å². The van der Waals surface area contributed by atoms with E-state index in [1.165, 1.54) is 12.1 Å². The summed E-state index contributed by atoms with van der Waals surface area (Å²) in [5.74, 6) is -1.45. The maximum absolute atomic E-state index is 13.0. The van der Waals surface area contributed by atoms with E-state index in [4.69, 9.17) is 0 Å². The smallest absolute Gasteiger partial charge is 0.308 e. The lowest BCUT2D eigenvalue weighted by atomic mass is 9.89. The molecule has 2 atom stereocenters. The van der Waals surface area contributed by atoms with Crippen LogP contribution < -0.4 is 0 Å². The highest BCUT2D eigenvalue weighted by Crippen LogP contribution is 2.33. The molecular weight excluding hydrogens is 293 g/mol.